The molecule has 0 radical (unpaired) electrons. The van der Waals surface area contributed by atoms with Crippen molar-refractivity contribution in [1.29, 1.82) is 0 Å². The highest BCUT2D eigenvalue weighted by Gasteiger charge is 2.20. The van der Waals surface area contributed by atoms with Gasteiger partial charge in [-0.2, -0.15) is 0 Å². The molecule has 9 aromatic carbocycles. The van der Waals surface area contributed by atoms with Gasteiger partial charge in [0.05, 0.1) is 34.3 Å². The van der Waals surface area contributed by atoms with Crippen LogP contribution in [0.4, 0.5) is 5.69 Å². The van der Waals surface area contributed by atoms with Gasteiger partial charge < -0.3 is 9.13 Å². The zero-order valence-corrected chi connectivity index (χ0v) is 31.5. The molecule has 0 spiro atoms. The zero-order chi connectivity index (χ0) is 38.6. The fourth-order valence-corrected chi connectivity index (χ4v) is 8.86. The molecule has 0 N–H and O–H groups in total. The molecule has 3 nitrogen and oxygen atoms in total. The summed E-state index contributed by atoms with van der Waals surface area (Å²) < 4.78 is 4.80. The molecular formula is C55H35N3. The van der Waals surface area contributed by atoms with Crippen LogP contribution >= 0.6 is 0 Å². The minimum Gasteiger partial charge on any atom is -0.309 e. The molecule has 0 aliphatic rings. The Morgan fingerprint density at radius 2 is 0.862 bits per heavy atom. The third-order valence-corrected chi connectivity index (χ3v) is 11.5. The van der Waals surface area contributed by atoms with Gasteiger partial charge in [-0.15, -0.1) is 0 Å². The van der Waals surface area contributed by atoms with E-state index in [2.05, 4.69) is 214 Å². The number of hydrogen-bond donors (Lipinski definition) is 0. The van der Waals surface area contributed by atoms with Crippen molar-refractivity contribution in [3.05, 3.63) is 224 Å². The Hall–Kier alpha value is -7.93. The SMILES string of the molecule is [C-]#[N+]c1ccc(-c2cc(-c3ccccc3)ccc2-n2c3ccccc3c3cc(-c4ccc5c(c4)c4c(-c6ccccc6)cccc4n5-c4ccccc4)ccc32)cc1. The van der Waals surface area contributed by atoms with Gasteiger partial charge in [0.1, 0.15) is 0 Å². The molecule has 0 atom stereocenters. The normalized spacial score (nSPS) is 11.4. The lowest BCUT2D eigenvalue weighted by atomic mass is 9.96. The van der Waals surface area contributed by atoms with Gasteiger partial charge in [-0.05, 0) is 99.6 Å². The second-order valence-electron chi connectivity index (χ2n) is 14.8. The van der Waals surface area contributed by atoms with Crippen LogP contribution in [0.25, 0.3) is 104 Å². The van der Waals surface area contributed by atoms with Crippen LogP contribution in [-0.4, -0.2) is 9.13 Å². The van der Waals surface area contributed by atoms with E-state index in [1.807, 2.05) is 12.1 Å². The number of aromatic nitrogens is 2. The van der Waals surface area contributed by atoms with Gasteiger partial charge in [0, 0.05) is 32.8 Å². The molecule has 0 fully saturated rings. The minimum absolute atomic E-state index is 0.632. The van der Waals surface area contributed by atoms with Crippen molar-refractivity contribution < 1.29 is 0 Å². The topological polar surface area (TPSA) is 14.2 Å². The summed E-state index contributed by atoms with van der Waals surface area (Å²) in [5.41, 5.74) is 16.8. The molecule has 0 amide bonds. The summed E-state index contributed by atoms with van der Waals surface area (Å²) in [6.07, 6.45) is 0. The molecule has 2 heterocycles. The van der Waals surface area contributed by atoms with Crippen molar-refractivity contribution in [1.82, 2.24) is 9.13 Å². The average molecular weight is 738 g/mol. The second-order valence-corrected chi connectivity index (χ2v) is 14.8. The van der Waals surface area contributed by atoms with Gasteiger partial charge in [-0.3, -0.25) is 0 Å². The fraction of sp³-hybridized carbons (Fsp3) is 0. The van der Waals surface area contributed by atoms with E-state index in [0.717, 1.165) is 39.1 Å². The van der Waals surface area contributed by atoms with Crippen LogP contribution in [0.1, 0.15) is 0 Å². The molecule has 0 aliphatic carbocycles. The Balaban J connectivity index is 1.12. The molecule has 3 heteroatoms. The van der Waals surface area contributed by atoms with Crippen LogP contribution in [0.5, 0.6) is 0 Å². The van der Waals surface area contributed by atoms with Crippen molar-refractivity contribution in [2.45, 2.75) is 0 Å². The molecule has 58 heavy (non-hydrogen) atoms. The summed E-state index contributed by atoms with van der Waals surface area (Å²) in [7, 11) is 0. The number of hydrogen-bond acceptors (Lipinski definition) is 0. The number of para-hydroxylation sites is 2. The van der Waals surface area contributed by atoms with Crippen LogP contribution in [-0.2, 0) is 0 Å². The average Bonchev–Trinajstić information content (AvgIpc) is 3.82. The summed E-state index contributed by atoms with van der Waals surface area (Å²) in [4.78, 5) is 3.67. The van der Waals surface area contributed by atoms with E-state index in [1.165, 1.54) is 60.4 Å². The van der Waals surface area contributed by atoms with Gasteiger partial charge in [0.2, 0.25) is 0 Å². The molecule has 0 aliphatic heterocycles. The molecule has 11 aromatic rings. The van der Waals surface area contributed by atoms with Gasteiger partial charge in [0.25, 0.3) is 0 Å². The van der Waals surface area contributed by atoms with Crippen molar-refractivity contribution >= 4 is 49.3 Å². The highest BCUT2D eigenvalue weighted by Crippen LogP contribution is 2.43. The number of fused-ring (bicyclic) bond motifs is 6. The summed E-state index contributed by atoms with van der Waals surface area (Å²) in [6, 6.07) is 75.9. The third-order valence-electron chi connectivity index (χ3n) is 11.5. The Bertz CT molecular complexity index is 3370. The minimum atomic E-state index is 0.632. The summed E-state index contributed by atoms with van der Waals surface area (Å²) in [6.45, 7) is 7.56. The van der Waals surface area contributed by atoms with Crippen LogP contribution in [0, 0.1) is 6.57 Å². The Morgan fingerprint density at radius 1 is 0.328 bits per heavy atom. The lowest BCUT2D eigenvalue weighted by Gasteiger charge is -2.16. The maximum Gasteiger partial charge on any atom is 0.187 e. The third kappa shape index (κ3) is 5.43. The highest BCUT2D eigenvalue weighted by molar-refractivity contribution is 6.17. The van der Waals surface area contributed by atoms with Gasteiger partial charge >= 0.3 is 0 Å². The molecule has 0 bridgehead atoms. The molecule has 0 unspecified atom stereocenters. The van der Waals surface area contributed by atoms with Crippen molar-refractivity contribution in [3.63, 3.8) is 0 Å². The van der Waals surface area contributed by atoms with Crippen molar-refractivity contribution in [2.75, 3.05) is 0 Å². The summed E-state index contributed by atoms with van der Waals surface area (Å²) >= 11 is 0. The standard InChI is InChI=1S/C55H35N3/c1-56-43-29-24-39(25-30-43)47-34-40(37-14-5-2-6-15-37)26-31-51(47)58-50-22-12-11-20-46(50)48-35-41(27-32-52(48)58)42-28-33-53-49(36-42)55-45(38-16-7-3-8-17-38)21-13-23-54(55)57(53)44-18-9-4-10-19-44/h2-36H. The Labute approximate surface area is 336 Å². The number of nitrogens with zero attached hydrogens (tertiary/aromatic N) is 3. The van der Waals surface area contributed by atoms with E-state index in [9.17, 15) is 0 Å². The van der Waals surface area contributed by atoms with Gasteiger partial charge in [-0.1, -0.05) is 152 Å². The molecule has 0 saturated heterocycles. The first-order valence-electron chi connectivity index (χ1n) is 19.6. The summed E-state index contributed by atoms with van der Waals surface area (Å²) in [5.74, 6) is 0. The Kier molecular flexibility index (Phi) is 7.88. The largest absolute Gasteiger partial charge is 0.309 e. The van der Waals surface area contributed by atoms with E-state index in [-0.39, 0.29) is 0 Å². The van der Waals surface area contributed by atoms with Crippen molar-refractivity contribution in [3.8, 4) is 55.9 Å². The first kappa shape index (κ1) is 33.4. The highest BCUT2D eigenvalue weighted by atomic mass is 15.0. The molecular weight excluding hydrogens is 703 g/mol. The molecule has 0 saturated carbocycles. The second kappa shape index (κ2) is 13.7. The number of benzene rings is 9. The van der Waals surface area contributed by atoms with E-state index in [0.29, 0.717) is 5.69 Å². The monoisotopic (exact) mass is 737 g/mol. The van der Waals surface area contributed by atoms with E-state index in [1.54, 1.807) is 0 Å². The van der Waals surface area contributed by atoms with E-state index in [4.69, 9.17) is 6.57 Å². The van der Waals surface area contributed by atoms with Crippen LogP contribution in [0.2, 0.25) is 0 Å². The predicted molar refractivity (Wildman–Crippen MR) is 243 cm³/mol. The summed E-state index contributed by atoms with van der Waals surface area (Å²) in [5, 5.41) is 4.88. The first-order chi connectivity index (χ1) is 28.7. The predicted octanol–water partition coefficient (Wildman–Crippen LogP) is 15.1. The van der Waals surface area contributed by atoms with E-state index >= 15 is 0 Å². The fourth-order valence-electron chi connectivity index (χ4n) is 8.86. The van der Waals surface area contributed by atoms with E-state index < -0.39 is 0 Å². The zero-order valence-electron chi connectivity index (χ0n) is 31.5. The lowest BCUT2D eigenvalue weighted by molar-refractivity contribution is 1.18. The Morgan fingerprint density at radius 3 is 1.59 bits per heavy atom. The van der Waals surface area contributed by atoms with Gasteiger partial charge in [0.15, 0.2) is 5.69 Å². The quantitative estimate of drug-likeness (QED) is 0.151. The first-order valence-corrected chi connectivity index (χ1v) is 19.6. The molecule has 2 aromatic heterocycles. The molecule has 11 rings (SSSR count). The number of rotatable bonds is 6. The van der Waals surface area contributed by atoms with Crippen LogP contribution in [0.15, 0.2) is 212 Å². The molecule has 270 valence electrons. The van der Waals surface area contributed by atoms with Crippen molar-refractivity contribution in [2.24, 2.45) is 0 Å². The lowest BCUT2D eigenvalue weighted by Crippen LogP contribution is -1.98. The van der Waals surface area contributed by atoms with Crippen LogP contribution in [0.3, 0.4) is 0 Å². The maximum absolute atomic E-state index is 7.56. The smallest absolute Gasteiger partial charge is 0.187 e. The van der Waals surface area contributed by atoms with Gasteiger partial charge in [-0.25, -0.2) is 4.85 Å². The van der Waals surface area contributed by atoms with Crippen LogP contribution < -0.4 is 0 Å². The maximum atomic E-state index is 7.56.